The summed E-state index contributed by atoms with van der Waals surface area (Å²) in [6, 6.07) is 13.5. The molecule has 0 saturated carbocycles. The van der Waals surface area contributed by atoms with Crippen LogP contribution in [-0.2, 0) is 7.05 Å². The molecule has 33 heavy (non-hydrogen) atoms. The number of halogens is 3. The smallest absolute Gasteiger partial charge is 0.266 e. The average molecular weight is 449 g/mol. The maximum absolute atomic E-state index is 14.6. The van der Waals surface area contributed by atoms with Gasteiger partial charge in [-0.3, -0.25) is 9.36 Å². The molecule has 0 radical (unpaired) electrons. The number of fused-ring (bicyclic) bond motifs is 1. The van der Waals surface area contributed by atoms with E-state index in [4.69, 9.17) is 0 Å². The van der Waals surface area contributed by atoms with E-state index in [2.05, 4.69) is 21.4 Å². The van der Waals surface area contributed by atoms with E-state index in [0.29, 0.717) is 28.0 Å². The highest BCUT2D eigenvalue weighted by Crippen LogP contribution is 2.31. The number of aryl methyl sites for hydroxylation is 1. The van der Waals surface area contributed by atoms with Crippen LogP contribution in [0.2, 0.25) is 0 Å². The molecule has 2 aromatic carbocycles. The van der Waals surface area contributed by atoms with Crippen LogP contribution >= 0.6 is 0 Å². The SMILES string of the molecule is C[C@@H](Nc1ncnc2c1cc(-c1ccccc1C#N)c(=O)n2C)c1cccc(C(F)F)c1F. The summed E-state index contributed by atoms with van der Waals surface area (Å²) in [6.07, 6.45) is -1.68. The van der Waals surface area contributed by atoms with Gasteiger partial charge < -0.3 is 5.32 Å². The molecule has 9 heteroatoms. The Hall–Kier alpha value is -4.19. The third kappa shape index (κ3) is 3.91. The van der Waals surface area contributed by atoms with Crippen LogP contribution in [0, 0.1) is 17.1 Å². The van der Waals surface area contributed by atoms with Gasteiger partial charge in [-0.05, 0) is 19.1 Å². The van der Waals surface area contributed by atoms with Crippen LogP contribution in [0.4, 0.5) is 19.0 Å². The van der Waals surface area contributed by atoms with Crippen molar-refractivity contribution in [1.29, 1.82) is 5.26 Å². The van der Waals surface area contributed by atoms with Crippen LogP contribution in [0.15, 0.2) is 59.7 Å². The number of rotatable bonds is 5. The monoisotopic (exact) mass is 449 g/mol. The maximum atomic E-state index is 14.6. The number of benzene rings is 2. The Bertz CT molecular complexity index is 1460. The lowest BCUT2D eigenvalue weighted by atomic mass is 10.0. The molecule has 2 heterocycles. The first kappa shape index (κ1) is 22.0. The number of nitrogens with zero attached hydrogens (tertiary/aromatic N) is 4. The summed E-state index contributed by atoms with van der Waals surface area (Å²) in [5.41, 5.74) is 0.424. The lowest BCUT2D eigenvalue weighted by molar-refractivity contribution is 0.146. The Morgan fingerprint density at radius 3 is 2.52 bits per heavy atom. The van der Waals surface area contributed by atoms with Crippen LogP contribution in [0.25, 0.3) is 22.2 Å². The van der Waals surface area contributed by atoms with E-state index in [9.17, 15) is 23.2 Å². The van der Waals surface area contributed by atoms with Crippen LogP contribution in [-0.4, -0.2) is 14.5 Å². The van der Waals surface area contributed by atoms with Gasteiger partial charge in [0.2, 0.25) is 0 Å². The topological polar surface area (TPSA) is 83.6 Å². The fourth-order valence-corrected chi connectivity index (χ4v) is 3.75. The minimum Gasteiger partial charge on any atom is -0.363 e. The second-order valence-electron chi connectivity index (χ2n) is 7.46. The summed E-state index contributed by atoms with van der Waals surface area (Å²) in [5.74, 6) is -0.692. The highest BCUT2D eigenvalue weighted by Gasteiger charge is 2.21. The predicted molar refractivity (Wildman–Crippen MR) is 118 cm³/mol. The zero-order chi connectivity index (χ0) is 23.7. The van der Waals surface area contributed by atoms with Crippen molar-refractivity contribution >= 4 is 16.9 Å². The van der Waals surface area contributed by atoms with Crippen molar-refractivity contribution in [2.45, 2.75) is 19.4 Å². The summed E-state index contributed by atoms with van der Waals surface area (Å²) in [5, 5.41) is 13.0. The molecule has 0 bridgehead atoms. The molecule has 0 aliphatic heterocycles. The van der Waals surface area contributed by atoms with Gasteiger partial charge in [0.15, 0.2) is 0 Å². The molecule has 2 aromatic heterocycles. The maximum Gasteiger partial charge on any atom is 0.266 e. The number of nitriles is 1. The molecule has 0 aliphatic rings. The zero-order valence-corrected chi connectivity index (χ0v) is 17.7. The Labute approximate surface area is 187 Å². The lowest BCUT2D eigenvalue weighted by Crippen LogP contribution is -2.21. The van der Waals surface area contributed by atoms with Crippen molar-refractivity contribution in [3.8, 4) is 17.2 Å². The Balaban J connectivity index is 1.85. The summed E-state index contributed by atoms with van der Waals surface area (Å²) in [4.78, 5) is 21.4. The third-order valence-corrected chi connectivity index (χ3v) is 5.46. The summed E-state index contributed by atoms with van der Waals surface area (Å²) >= 11 is 0. The molecule has 6 nitrogen and oxygen atoms in total. The first-order valence-corrected chi connectivity index (χ1v) is 10.0. The van der Waals surface area contributed by atoms with E-state index in [1.54, 1.807) is 44.3 Å². The van der Waals surface area contributed by atoms with Crippen LogP contribution in [0.1, 0.15) is 36.1 Å². The summed E-state index contributed by atoms with van der Waals surface area (Å²) < 4.78 is 42.2. The largest absolute Gasteiger partial charge is 0.363 e. The Morgan fingerprint density at radius 2 is 1.79 bits per heavy atom. The summed E-state index contributed by atoms with van der Waals surface area (Å²) in [6.45, 7) is 1.62. The highest BCUT2D eigenvalue weighted by atomic mass is 19.3. The molecular weight excluding hydrogens is 431 g/mol. The average Bonchev–Trinajstić information content (AvgIpc) is 2.81. The van der Waals surface area contributed by atoms with E-state index in [-0.39, 0.29) is 16.7 Å². The fourth-order valence-electron chi connectivity index (χ4n) is 3.75. The predicted octanol–water partition coefficient (Wildman–Crippen LogP) is 5.12. The molecule has 4 aromatic rings. The van der Waals surface area contributed by atoms with Crippen LogP contribution in [0.5, 0.6) is 0 Å². The van der Waals surface area contributed by atoms with Gasteiger partial charge in [0.05, 0.1) is 28.6 Å². The second kappa shape index (κ2) is 8.74. The van der Waals surface area contributed by atoms with Gasteiger partial charge in [-0.25, -0.2) is 23.1 Å². The molecule has 1 atom stereocenters. The Kier molecular flexibility index (Phi) is 5.84. The van der Waals surface area contributed by atoms with Gasteiger partial charge in [0.1, 0.15) is 23.6 Å². The van der Waals surface area contributed by atoms with Gasteiger partial charge in [-0.1, -0.05) is 36.4 Å². The molecule has 1 N–H and O–H groups in total. The molecule has 0 spiro atoms. The quantitative estimate of drug-likeness (QED) is 0.457. The van der Waals surface area contributed by atoms with Gasteiger partial charge >= 0.3 is 0 Å². The number of nitrogens with one attached hydrogen (secondary N) is 1. The van der Waals surface area contributed by atoms with Crippen LogP contribution in [0.3, 0.4) is 0 Å². The summed E-state index contributed by atoms with van der Waals surface area (Å²) in [7, 11) is 1.55. The Morgan fingerprint density at radius 1 is 1.06 bits per heavy atom. The number of hydrogen-bond acceptors (Lipinski definition) is 5. The van der Waals surface area contributed by atoms with Crippen molar-refractivity contribution in [3.05, 3.63) is 87.7 Å². The first-order chi connectivity index (χ1) is 15.8. The first-order valence-electron chi connectivity index (χ1n) is 10.0. The minimum atomic E-state index is -2.94. The van der Waals surface area contributed by atoms with Crippen molar-refractivity contribution in [3.63, 3.8) is 0 Å². The number of hydrogen-bond donors (Lipinski definition) is 1. The molecule has 4 rings (SSSR count). The van der Waals surface area contributed by atoms with Gasteiger partial charge in [-0.15, -0.1) is 0 Å². The molecule has 0 amide bonds. The minimum absolute atomic E-state index is 0.0550. The second-order valence-corrected chi connectivity index (χ2v) is 7.46. The van der Waals surface area contributed by atoms with Crippen LogP contribution < -0.4 is 10.9 Å². The highest BCUT2D eigenvalue weighted by molar-refractivity contribution is 5.90. The standard InChI is InChI=1S/C24H18F3N5O/c1-13(15-8-5-9-17(20(15)25)21(26)27)31-22-19-10-18(16-7-4-3-6-14(16)11-28)24(33)32(2)23(19)30-12-29-22/h3-10,12-13,21H,1-2H3,(H,29,30,31)/t13-/m1/s1. The fraction of sp³-hybridized carbons (Fsp3) is 0.167. The molecule has 0 aliphatic carbocycles. The third-order valence-electron chi connectivity index (χ3n) is 5.46. The van der Waals surface area contributed by atoms with Crippen molar-refractivity contribution in [2.24, 2.45) is 7.05 Å². The van der Waals surface area contributed by atoms with E-state index in [1.807, 2.05) is 0 Å². The number of aromatic nitrogens is 3. The van der Waals surface area contributed by atoms with E-state index in [1.165, 1.54) is 23.0 Å². The molecular formula is C24H18F3N5O. The molecule has 0 unspecified atom stereocenters. The van der Waals surface area contributed by atoms with Crippen molar-refractivity contribution < 1.29 is 13.2 Å². The molecule has 0 saturated heterocycles. The van der Waals surface area contributed by atoms with Gasteiger partial charge in [0.25, 0.3) is 12.0 Å². The zero-order valence-electron chi connectivity index (χ0n) is 17.7. The molecule has 0 fully saturated rings. The normalized spacial score (nSPS) is 12.0. The van der Waals surface area contributed by atoms with E-state index >= 15 is 0 Å². The van der Waals surface area contributed by atoms with E-state index in [0.717, 1.165) is 6.07 Å². The van der Waals surface area contributed by atoms with Crippen molar-refractivity contribution in [1.82, 2.24) is 14.5 Å². The van der Waals surface area contributed by atoms with Gasteiger partial charge in [-0.2, -0.15) is 5.26 Å². The number of pyridine rings is 1. The van der Waals surface area contributed by atoms with E-state index < -0.39 is 23.8 Å². The van der Waals surface area contributed by atoms with Gasteiger partial charge in [0, 0.05) is 23.7 Å². The molecule has 166 valence electrons. The number of anilines is 1. The lowest BCUT2D eigenvalue weighted by Gasteiger charge is -2.19. The van der Waals surface area contributed by atoms with Crippen molar-refractivity contribution in [2.75, 3.05) is 5.32 Å². The number of alkyl halides is 2.